The minimum atomic E-state index is -1.16. The summed E-state index contributed by atoms with van der Waals surface area (Å²) in [6.45, 7) is 5.68. The second-order valence-corrected chi connectivity index (χ2v) is 11.6. The fourth-order valence-corrected chi connectivity index (χ4v) is 6.31. The quantitative estimate of drug-likeness (QED) is 0.264. The highest BCUT2D eigenvalue weighted by atomic mass is 32.1. The summed E-state index contributed by atoms with van der Waals surface area (Å²) < 4.78 is 5.44. The van der Waals surface area contributed by atoms with Crippen molar-refractivity contribution in [2.45, 2.75) is 19.9 Å². The summed E-state index contributed by atoms with van der Waals surface area (Å²) in [6, 6.07) is 25.7. The van der Waals surface area contributed by atoms with Gasteiger partial charge in [0.25, 0.3) is 0 Å². The van der Waals surface area contributed by atoms with E-state index < -0.39 is 11.9 Å². The van der Waals surface area contributed by atoms with Gasteiger partial charge in [-0.3, -0.25) is 14.5 Å². The number of aromatic carboxylic acids is 1. The molecule has 4 aromatic rings. The number of thiazole rings is 1. The minimum Gasteiger partial charge on any atom is -0.478 e. The number of benzene rings is 3. The molecule has 222 valence electrons. The lowest BCUT2D eigenvalue weighted by Crippen LogP contribution is -2.50. The van der Waals surface area contributed by atoms with Crippen molar-refractivity contribution in [2.24, 2.45) is 0 Å². The summed E-state index contributed by atoms with van der Waals surface area (Å²) in [5.74, 6) is -1.88. The molecule has 0 aliphatic carbocycles. The number of carboxylic acids is 1. The number of carbonyl (C=O) groups excluding carboxylic acids is 2. The van der Waals surface area contributed by atoms with Crippen LogP contribution in [0.3, 0.4) is 0 Å². The van der Waals surface area contributed by atoms with Gasteiger partial charge >= 0.3 is 5.97 Å². The Morgan fingerprint density at radius 1 is 0.907 bits per heavy atom. The van der Waals surface area contributed by atoms with E-state index in [0.717, 1.165) is 21.1 Å². The average molecular weight is 599 g/mol. The molecule has 9 nitrogen and oxygen atoms in total. The average Bonchev–Trinajstić information content (AvgIpc) is 3.36. The van der Waals surface area contributed by atoms with Gasteiger partial charge in [0.2, 0.25) is 11.8 Å². The lowest BCUT2D eigenvalue weighted by atomic mass is 9.96. The number of aryl methyl sites for hydroxylation is 2. The van der Waals surface area contributed by atoms with E-state index in [2.05, 4.69) is 39.5 Å². The van der Waals surface area contributed by atoms with Crippen molar-refractivity contribution < 1.29 is 24.2 Å². The van der Waals surface area contributed by atoms with Gasteiger partial charge in [-0.2, -0.15) is 0 Å². The topological polar surface area (TPSA) is 112 Å². The number of nitrogens with zero attached hydrogens (tertiary/aromatic N) is 3. The number of rotatable bonds is 10. The van der Waals surface area contributed by atoms with Gasteiger partial charge in [-0.25, -0.2) is 9.78 Å². The Hall–Kier alpha value is -4.38. The highest BCUT2D eigenvalue weighted by molar-refractivity contribution is 7.15. The molecule has 0 radical (unpaired) electrons. The number of piperazine rings is 1. The molecule has 3 aromatic carbocycles. The van der Waals surface area contributed by atoms with E-state index in [1.807, 2.05) is 50.2 Å². The van der Waals surface area contributed by atoms with Gasteiger partial charge in [0.1, 0.15) is 13.2 Å². The fourth-order valence-electron chi connectivity index (χ4n) is 5.39. The molecule has 1 aliphatic rings. The normalized spacial score (nSPS) is 13.7. The third-order valence-electron chi connectivity index (χ3n) is 7.41. The molecule has 0 bridgehead atoms. The number of hydrogen-bond acceptors (Lipinski definition) is 7. The number of carboxylic acid groups (broad SMARTS) is 1. The van der Waals surface area contributed by atoms with Gasteiger partial charge in [0, 0.05) is 26.2 Å². The number of anilines is 1. The first-order valence-corrected chi connectivity index (χ1v) is 14.9. The van der Waals surface area contributed by atoms with Crippen LogP contribution in [0.25, 0.3) is 10.4 Å². The van der Waals surface area contributed by atoms with Crippen LogP contribution in [0.4, 0.5) is 5.69 Å². The van der Waals surface area contributed by atoms with Gasteiger partial charge in [0.05, 0.1) is 32.9 Å². The molecule has 1 aromatic heterocycles. The number of amides is 2. The smallest absolute Gasteiger partial charge is 0.337 e. The summed E-state index contributed by atoms with van der Waals surface area (Å²) in [7, 11) is 0. The van der Waals surface area contributed by atoms with Gasteiger partial charge in [-0.05, 0) is 42.7 Å². The van der Waals surface area contributed by atoms with Crippen molar-refractivity contribution in [1.29, 1.82) is 0 Å². The molecule has 5 rings (SSSR count). The largest absolute Gasteiger partial charge is 0.478 e. The zero-order valence-electron chi connectivity index (χ0n) is 24.2. The second kappa shape index (κ2) is 13.7. The summed E-state index contributed by atoms with van der Waals surface area (Å²) >= 11 is 1.48. The Labute approximate surface area is 254 Å². The Bertz CT molecular complexity index is 1540. The first kappa shape index (κ1) is 30.1. The molecule has 43 heavy (non-hydrogen) atoms. The molecule has 0 atom stereocenters. The van der Waals surface area contributed by atoms with E-state index in [0.29, 0.717) is 26.2 Å². The fraction of sp³-hybridized carbons (Fsp3) is 0.273. The molecule has 1 aliphatic heterocycles. The van der Waals surface area contributed by atoms with Gasteiger partial charge in [-0.15, -0.1) is 11.3 Å². The van der Waals surface area contributed by atoms with Gasteiger partial charge in [0.15, 0.2) is 0 Å². The highest BCUT2D eigenvalue weighted by Crippen LogP contribution is 2.32. The lowest BCUT2D eigenvalue weighted by molar-refractivity contribution is -0.139. The van der Waals surface area contributed by atoms with Crippen LogP contribution in [0.15, 0.2) is 78.9 Å². The molecule has 1 saturated heterocycles. The number of carbonyl (C=O) groups is 3. The maximum Gasteiger partial charge on any atom is 0.337 e. The van der Waals surface area contributed by atoms with E-state index >= 15 is 0 Å². The van der Waals surface area contributed by atoms with Crippen molar-refractivity contribution in [1.82, 2.24) is 14.8 Å². The maximum absolute atomic E-state index is 12.9. The Kier molecular flexibility index (Phi) is 9.61. The molecule has 10 heteroatoms. The monoisotopic (exact) mass is 598 g/mol. The molecule has 2 heterocycles. The Morgan fingerprint density at radius 2 is 1.53 bits per heavy atom. The van der Waals surface area contributed by atoms with Gasteiger partial charge < -0.3 is 20.1 Å². The molecule has 0 unspecified atom stereocenters. The Balaban J connectivity index is 1.13. The van der Waals surface area contributed by atoms with Crippen LogP contribution in [0.1, 0.15) is 38.2 Å². The molecule has 0 spiro atoms. The summed E-state index contributed by atoms with van der Waals surface area (Å²) in [6.07, 6.45) is 0. The summed E-state index contributed by atoms with van der Waals surface area (Å²) in [5, 5.41) is 13.2. The van der Waals surface area contributed by atoms with Crippen molar-refractivity contribution >= 4 is 34.8 Å². The first-order chi connectivity index (χ1) is 20.8. The Morgan fingerprint density at radius 3 is 2.09 bits per heavy atom. The van der Waals surface area contributed by atoms with E-state index in [-0.39, 0.29) is 36.4 Å². The number of aromatic nitrogens is 1. The minimum absolute atomic E-state index is 0.0328. The first-order valence-electron chi connectivity index (χ1n) is 14.1. The van der Waals surface area contributed by atoms with E-state index in [1.54, 1.807) is 17.0 Å². The number of nitrogens with one attached hydrogen (secondary N) is 1. The third kappa shape index (κ3) is 7.34. The third-order valence-corrected chi connectivity index (χ3v) is 8.53. The highest BCUT2D eigenvalue weighted by Gasteiger charge is 2.28. The van der Waals surface area contributed by atoms with Crippen LogP contribution in [-0.4, -0.2) is 77.1 Å². The van der Waals surface area contributed by atoms with E-state index in [4.69, 9.17) is 4.74 Å². The van der Waals surface area contributed by atoms with Crippen LogP contribution < -0.4 is 5.32 Å². The summed E-state index contributed by atoms with van der Waals surface area (Å²) in [5.41, 5.74) is 4.09. The van der Waals surface area contributed by atoms with Crippen LogP contribution >= 0.6 is 11.3 Å². The molecule has 0 saturated carbocycles. The van der Waals surface area contributed by atoms with Crippen LogP contribution in [0.5, 0.6) is 0 Å². The van der Waals surface area contributed by atoms with E-state index in [9.17, 15) is 19.5 Å². The molecular formula is C33H34N4O5S. The molecule has 2 N–H and O–H groups in total. The standard InChI is InChI=1S/C33H34N4O5S/c1-22-32(43-23(2)34-22)26-13-14-28(27(19-26)33(40)41)35-29(38)20-42-21-30(39)36-15-17-37(18-16-36)31(24-9-5-3-6-10-24)25-11-7-4-8-12-25/h3-14,19,31H,15-18,20-21H2,1-2H3,(H,35,38)(H,40,41). The van der Waals surface area contributed by atoms with Crippen molar-refractivity contribution in [3.8, 4) is 10.4 Å². The SMILES string of the molecule is Cc1nc(C)c(-c2ccc(NC(=O)COCC(=O)N3CCN(C(c4ccccc4)c4ccccc4)CC3)c(C(=O)O)c2)s1. The van der Waals surface area contributed by atoms with Crippen LogP contribution in [0.2, 0.25) is 0 Å². The lowest BCUT2D eigenvalue weighted by Gasteiger charge is -2.39. The van der Waals surface area contributed by atoms with Gasteiger partial charge in [-0.1, -0.05) is 66.7 Å². The van der Waals surface area contributed by atoms with E-state index in [1.165, 1.54) is 28.5 Å². The zero-order valence-corrected chi connectivity index (χ0v) is 25.0. The molecular weight excluding hydrogens is 564 g/mol. The molecule has 2 amide bonds. The number of ether oxygens (including phenoxy) is 1. The van der Waals surface area contributed by atoms with Crippen LogP contribution in [0, 0.1) is 13.8 Å². The molecule has 1 fully saturated rings. The van der Waals surface area contributed by atoms with Crippen molar-refractivity contribution in [3.05, 3.63) is 106 Å². The zero-order chi connectivity index (χ0) is 30.3. The number of hydrogen-bond donors (Lipinski definition) is 2. The second-order valence-electron chi connectivity index (χ2n) is 10.4. The van der Waals surface area contributed by atoms with Crippen molar-refractivity contribution in [3.63, 3.8) is 0 Å². The van der Waals surface area contributed by atoms with Crippen molar-refractivity contribution in [2.75, 3.05) is 44.7 Å². The van der Waals surface area contributed by atoms with Crippen LogP contribution in [-0.2, 0) is 14.3 Å². The summed E-state index contributed by atoms with van der Waals surface area (Å²) in [4.78, 5) is 46.8. The predicted octanol–water partition coefficient (Wildman–Crippen LogP) is 5.01. The predicted molar refractivity (Wildman–Crippen MR) is 166 cm³/mol. The maximum atomic E-state index is 12.9.